The van der Waals surface area contributed by atoms with Gasteiger partial charge in [0.05, 0.1) is 18.7 Å². The van der Waals surface area contributed by atoms with Crippen molar-refractivity contribution in [1.29, 1.82) is 0 Å². The molecule has 0 amide bonds. The molecule has 182 valence electrons. The zero-order valence-corrected chi connectivity index (χ0v) is 20.1. The van der Waals surface area contributed by atoms with Crippen molar-refractivity contribution in [2.45, 2.75) is 6.92 Å². The Morgan fingerprint density at radius 2 is 1.31 bits per heavy atom. The first-order chi connectivity index (χ1) is 17.2. The molecule has 35 heavy (non-hydrogen) atoms. The third-order valence-corrected chi connectivity index (χ3v) is 5.16. The fourth-order valence-electron chi connectivity index (χ4n) is 3.34. The molecule has 3 aromatic carbocycles. The number of nitrogens with one attached hydrogen (secondary N) is 1. The molecule has 8 nitrogen and oxygen atoms in total. The summed E-state index contributed by atoms with van der Waals surface area (Å²) in [7, 11) is 3.26. The van der Waals surface area contributed by atoms with Crippen LogP contribution in [0.1, 0.15) is 5.56 Å². The van der Waals surface area contributed by atoms with Gasteiger partial charge in [0.25, 0.3) is 0 Å². The van der Waals surface area contributed by atoms with E-state index in [9.17, 15) is 0 Å². The Balaban J connectivity index is 1.54. The molecule has 1 N–H and O–H groups in total. The average Bonchev–Trinajstić information content (AvgIpc) is 2.87. The minimum absolute atomic E-state index is 0.390. The van der Waals surface area contributed by atoms with Crippen LogP contribution in [-0.4, -0.2) is 50.6 Å². The number of hydrogen-bond acceptors (Lipinski definition) is 8. The van der Waals surface area contributed by atoms with Crippen molar-refractivity contribution in [1.82, 2.24) is 9.97 Å². The molecule has 0 fully saturated rings. The third-order valence-electron chi connectivity index (χ3n) is 5.16. The van der Waals surface area contributed by atoms with Crippen LogP contribution in [0.5, 0.6) is 23.0 Å². The van der Waals surface area contributed by atoms with Crippen LogP contribution in [0.4, 0.5) is 11.5 Å². The highest BCUT2D eigenvalue weighted by atomic mass is 16.5. The minimum atomic E-state index is 0.390. The number of methoxy groups -OCH3 is 2. The Kier molecular flexibility index (Phi) is 8.32. The van der Waals surface area contributed by atoms with Gasteiger partial charge in [0.1, 0.15) is 36.9 Å². The summed E-state index contributed by atoms with van der Waals surface area (Å²) in [4.78, 5) is 8.86. The van der Waals surface area contributed by atoms with Crippen molar-refractivity contribution in [3.63, 3.8) is 0 Å². The molecule has 8 heteroatoms. The first kappa shape index (κ1) is 24.3. The van der Waals surface area contributed by atoms with Crippen molar-refractivity contribution >= 4 is 22.4 Å². The Hall–Kier alpha value is -3.88. The number of aromatic nitrogens is 2. The quantitative estimate of drug-likeness (QED) is 0.268. The van der Waals surface area contributed by atoms with E-state index in [0.29, 0.717) is 43.7 Å². The van der Waals surface area contributed by atoms with Gasteiger partial charge in [0.15, 0.2) is 11.5 Å². The van der Waals surface area contributed by atoms with Crippen molar-refractivity contribution < 1.29 is 23.7 Å². The Bertz CT molecular complexity index is 1230. The average molecular weight is 476 g/mol. The number of aryl methyl sites for hydroxylation is 1. The number of hydrogen-bond donors (Lipinski definition) is 1. The minimum Gasteiger partial charge on any atom is -0.487 e. The van der Waals surface area contributed by atoms with E-state index in [1.54, 1.807) is 14.2 Å². The van der Waals surface area contributed by atoms with Gasteiger partial charge < -0.3 is 29.0 Å². The van der Waals surface area contributed by atoms with Gasteiger partial charge in [0, 0.05) is 31.4 Å². The molecule has 1 aromatic heterocycles. The summed E-state index contributed by atoms with van der Waals surface area (Å²) in [5, 5.41) is 4.17. The number of fused-ring (bicyclic) bond motifs is 1. The lowest BCUT2D eigenvalue weighted by atomic mass is 10.2. The predicted molar refractivity (Wildman–Crippen MR) is 135 cm³/mol. The normalized spacial score (nSPS) is 10.8. The van der Waals surface area contributed by atoms with Gasteiger partial charge in [-0.2, -0.15) is 0 Å². The van der Waals surface area contributed by atoms with Gasteiger partial charge in [-0.3, -0.25) is 0 Å². The van der Waals surface area contributed by atoms with Crippen LogP contribution in [0.25, 0.3) is 10.9 Å². The molecular formula is C27H29N3O5. The summed E-state index contributed by atoms with van der Waals surface area (Å²) in [5.74, 6) is 3.38. The summed E-state index contributed by atoms with van der Waals surface area (Å²) in [6.07, 6.45) is 1.52. The van der Waals surface area contributed by atoms with E-state index in [4.69, 9.17) is 23.7 Å². The zero-order chi connectivity index (χ0) is 24.5. The van der Waals surface area contributed by atoms with Gasteiger partial charge in [-0.05, 0) is 49.4 Å². The van der Waals surface area contributed by atoms with E-state index in [1.165, 1.54) is 11.9 Å². The standard InChI is InChI=1S/C27H29N3O5/c1-19-4-8-21(9-5-19)35-22-10-6-20(7-11-22)30-27-23-16-25(33-14-12-31-2)26(34-15-13-32-3)17-24(23)28-18-29-27/h4-11,16-18H,12-15H2,1-3H3,(H,28,29,30). The van der Waals surface area contributed by atoms with Crippen LogP contribution in [-0.2, 0) is 9.47 Å². The first-order valence-corrected chi connectivity index (χ1v) is 11.3. The van der Waals surface area contributed by atoms with Gasteiger partial charge in [0.2, 0.25) is 0 Å². The maximum atomic E-state index is 5.92. The van der Waals surface area contributed by atoms with Crippen molar-refractivity contribution in [2.75, 3.05) is 46.0 Å². The highest BCUT2D eigenvalue weighted by Gasteiger charge is 2.13. The maximum absolute atomic E-state index is 5.92. The second-order valence-electron chi connectivity index (χ2n) is 7.79. The summed E-state index contributed by atoms with van der Waals surface area (Å²) >= 11 is 0. The van der Waals surface area contributed by atoms with Crippen LogP contribution in [0.2, 0.25) is 0 Å². The molecule has 0 spiro atoms. The van der Waals surface area contributed by atoms with E-state index in [-0.39, 0.29) is 0 Å². The molecular weight excluding hydrogens is 446 g/mol. The van der Waals surface area contributed by atoms with E-state index in [0.717, 1.165) is 28.1 Å². The van der Waals surface area contributed by atoms with E-state index in [2.05, 4.69) is 15.3 Å². The van der Waals surface area contributed by atoms with Crippen LogP contribution < -0.4 is 19.5 Å². The molecule has 0 atom stereocenters. The monoisotopic (exact) mass is 475 g/mol. The second-order valence-corrected chi connectivity index (χ2v) is 7.79. The smallest absolute Gasteiger partial charge is 0.163 e. The molecule has 0 aliphatic rings. The predicted octanol–water partition coefficient (Wildman–Crippen LogP) is 5.52. The van der Waals surface area contributed by atoms with E-state index in [1.807, 2.05) is 67.6 Å². The SMILES string of the molecule is COCCOc1cc2ncnc(Nc3ccc(Oc4ccc(C)cc4)cc3)c2cc1OCCOC. The van der Waals surface area contributed by atoms with Gasteiger partial charge >= 0.3 is 0 Å². The molecule has 0 radical (unpaired) electrons. The summed E-state index contributed by atoms with van der Waals surface area (Å²) < 4.78 is 27.9. The summed E-state index contributed by atoms with van der Waals surface area (Å²) in [5.41, 5.74) is 2.78. The van der Waals surface area contributed by atoms with Gasteiger partial charge in [-0.1, -0.05) is 17.7 Å². The van der Waals surface area contributed by atoms with Crippen molar-refractivity contribution in [3.05, 3.63) is 72.6 Å². The molecule has 0 aliphatic heterocycles. The maximum Gasteiger partial charge on any atom is 0.163 e. The highest BCUT2D eigenvalue weighted by molar-refractivity contribution is 5.93. The number of ether oxygens (including phenoxy) is 5. The highest BCUT2D eigenvalue weighted by Crippen LogP contribution is 2.35. The van der Waals surface area contributed by atoms with Gasteiger partial charge in [-0.15, -0.1) is 0 Å². The topological polar surface area (TPSA) is 84.0 Å². The number of nitrogens with zero attached hydrogens (tertiary/aromatic N) is 2. The van der Waals surface area contributed by atoms with Crippen molar-refractivity contribution in [3.8, 4) is 23.0 Å². The molecule has 0 bridgehead atoms. The van der Waals surface area contributed by atoms with Crippen LogP contribution in [0.15, 0.2) is 67.0 Å². The lowest BCUT2D eigenvalue weighted by molar-refractivity contribution is 0.132. The molecule has 4 aromatic rings. The van der Waals surface area contributed by atoms with Crippen LogP contribution >= 0.6 is 0 Å². The number of anilines is 2. The lowest BCUT2D eigenvalue weighted by Gasteiger charge is -2.15. The van der Waals surface area contributed by atoms with Crippen LogP contribution in [0.3, 0.4) is 0 Å². The van der Waals surface area contributed by atoms with E-state index < -0.39 is 0 Å². The van der Waals surface area contributed by atoms with Crippen LogP contribution in [0, 0.1) is 6.92 Å². The largest absolute Gasteiger partial charge is 0.487 e. The van der Waals surface area contributed by atoms with E-state index >= 15 is 0 Å². The molecule has 0 saturated heterocycles. The molecule has 1 heterocycles. The zero-order valence-electron chi connectivity index (χ0n) is 20.1. The summed E-state index contributed by atoms with van der Waals surface area (Å²) in [6.45, 7) is 3.77. The number of rotatable bonds is 12. The number of benzene rings is 3. The second kappa shape index (κ2) is 12.0. The Morgan fingerprint density at radius 1 is 0.714 bits per heavy atom. The lowest BCUT2D eigenvalue weighted by Crippen LogP contribution is -2.09. The Morgan fingerprint density at radius 3 is 1.94 bits per heavy atom. The fraction of sp³-hybridized carbons (Fsp3) is 0.259. The molecule has 4 rings (SSSR count). The molecule has 0 saturated carbocycles. The first-order valence-electron chi connectivity index (χ1n) is 11.3. The molecule has 0 unspecified atom stereocenters. The third kappa shape index (κ3) is 6.59. The fourth-order valence-corrected chi connectivity index (χ4v) is 3.34. The molecule has 0 aliphatic carbocycles. The Labute approximate surface area is 204 Å². The van der Waals surface area contributed by atoms with Crippen molar-refractivity contribution in [2.24, 2.45) is 0 Å². The van der Waals surface area contributed by atoms with Gasteiger partial charge in [-0.25, -0.2) is 9.97 Å². The summed E-state index contributed by atoms with van der Waals surface area (Å²) in [6, 6.07) is 19.4.